The molecule has 6 nitrogen and oxygen atoms in total. The van der Waals surface area contributed by atoms with E-state index < -0.39 is 5.51 Å². The lowest BCUT2D eigenvalue weighted by atomic mass is 10.0. The van der Waals surface area contributed by atoms with Crippen LogP contribution in [0, 0.1) is 5.92 Å². The summed E-state index contributed by atoms with van der Waals surface area (Å²) >= 11 is -0.0714. The molecule has 0 bridgehead atoms. The Kier molecular flexibility index (Phi) is 11.3. The molecule has 0 spiro atoms. The molecule has 1 saturated heterocycles. The van der Waals surface area contributed by atoms with Crippen molar-refractivity contribution in [2.24, 2.45) is 5.92 Å². The first kappa shape index (κ1) is 26.5. The van der Waals surface area contributed by atoms with Crippen LogP contribution in [0.2, 0.25) is 0 Å². The maximum absolute atomic E-state index is 12.4. The Bertz CT molecular complexity index is 769. The van der Waals surface area contributed by atoms with E-state index in [1.54, 1.807) is 13.0 Å². The van der Waals surface area contributed by atoms with Gasteiger partial charge in [-0.15, -0.1) is 0 Å². The normalized spacial score (nSPS) is 18.5. The van der Waals surface area contributed by atoms with Crippen LogP contribution in [0.5, 0.6) is 0 Å². The lowest BCUT2D eigenvalue weighted by Gasteiger charge is -2.13. The zero-order chi connectivity index (χ0) is 23.4. The fraction of sp³-hybridized carbons (Fsp3) is 0.636. The quantitative estimate of drug-likeness (QED) is 0.418. The first-order valence-electron chi connectivity index (χ1n) is 10.7. The largest absolute Gasteiger partial charge is 0.446 e. The van der Waals surface area contributed by atoms with Gasteiger partial charge in [0.25, 0.3) is 5.91 Å². The summed E-state index contributed by atoms with van der Waals surface area (Å²) in [6.07, 6.45) is 7.14. The summed E-state index contributed by atoms with van der Waals surface area (Å²) in [4.78, 5) is 12.6. The van der Waals surface area contributed by atoms with Crippen LogP contribution in [0.4, 0.5) is 13.2 Å². The van der Waals surface area contributed by atoms with E-state index in [9.17, 15) is 18.0 Å². The van der Waals surface area contributed by atoms with Gasteiger partial charge in [0.05, 0.1) is 6.61 Å². The summed E-state index contributed by atoms with van der Waals surface area (Å²) in [6, 6.07) is 1.55. The number of aromatic nitrogens is 1. The predicted octanol–water partition coefficient (Wildman–Crippen LogP) is 5.62. The number of hydrogen-bond donors (Lipinski definition) is 1. The van der Waals surface area contributed by atoms with Crippen LogP contribution in [0.1, 0.15) is 62.2 Å². The highest BCUT2D eigenvalue weighted by molar-refractivity contribution is 8.03. The molecule has 32 heavy (non-hydrogen) atoms. The number of carbonyl (C=O) groups excluding carboxylic acids is 1. The van der Waals surface area contributed by atoms with E-state index in [-0.39, 0.29) is 30.0 Å². The zero-order valence-corrected chi connectivity index (χ0v) is 19.3. The average molecular weight is 477 g/mol. The monoisotopic (exact) mass is 476 g/mol. The van der Waals surface area contributed by atoms with Gasteiger partial charge in [0.2, 0.25) is 0 Å². The molecular formula is C22H31F3N2O4S. The van der Waals surface area contributed by atoms with Gasteiger partial charge >= 0.3 is 5.51 Å². The third kappa shape index (κ3) is 10.7. The van der Waals surface area contributed by atoms with E-state index in [1.165, 1.54) is 6.08 Å². The summed E-state index contributed by atoms with van der Waals surface area (Å²) in [5, 5.41) is 6.69. The minimum Gasteiger partial charge on any atom is -0.381 e. The lowest BCUT2D eigenvalue weighted by molar-refractivity contribution is -0.0322. The Morgan fingerprint density at radius 1 is 1.38 bits per heavy atom. The minimum absolute atomic E-state index is 0.0714. The Labute approximate surface area is 191 Å². The molecule has 1 aliphatic heterocycles. The first-order valence-corrected chi connectivity index (χ1v) is 11.5. The summed E-state index contributed by atoms with van der Waals surface area (Å²) in [5.74, 6) is 0.559. The second kappa shape index (κ2) is 13.7. The lowest BCUT2D eigenvalue weighted by Crippen LogP contribution is -2.29. The zero-order valence-electron chi connectivity index (χ0n) is 18.5. The Morgan fingerprint density at radius 2 is 2.19 bits per heavy atom. The molecule has 0 aliphatic carbocycles. The van der Waals surface area contributed by atoms with Crippen molar-refractivity contribution in [1.29, 1.82) is 0 Å². The van der Waals surface area contributed by atoms with Crippen LogP contribution >= 0.6 is 11.8 Å². The van der Waals surface area contributed by atoms with Crippen LogP contribution in [-0.2, 0) is 16.1 Å². The number of carbonyl (C=O) groups is 1. The molecule has 1 unspecified atom stereocenters. The minimum atomic E-state index is -4.26. The molecule has 0 saturated carbocycles. The Morgan fingerprint density at radius 3 is 2.94 bits per heavy atom. The second-order valence-corrected chi connectivity index (χ2v) is 8.87. The highest BCUT2D eigenvalue weighted by Gasteiger charge is 2.29. The molecular weight excluding hydrogens is 445 g/mol. The van der Waals surface area contributed by atoms with Gasteiger partial charge in [0, 0.05) is 25.8 Å². The predicted molar refractivity (Wildman–Crippen MR) is 117 cm³/mol. The molecule has 2 rings (SSSR count). The summed E-state index contributed by atoms with van der Waals surface area (Å²) in [5.41, 5.74) is -3.15. The number of amides is 1. The van der Waals surface area contributed by atoms with Crippen molar-refractivity contribution >= 4 is 17.7 Å². The summed E-state index contributed by atoms with van der Waals surface area (Å²) < 4.78 is 53.5. The third-order valence-corrected chi connectivity index (χ3v) is 5.87. The maximum Gasteiger partial charge on any atom is 0.446 e. The van der Waals surface area contributed by atoms with E-state index in [0.29, 0.717) is 42.6 Å². The van der Waals surface area contributed by atoms with Gasteiger partial charge in [0.1, 0.15) is 6.61 Å². The van der Waals surface area contributed by atoms with Crippen molar-refractivity contribution < 1.29 is 32.0 Å². The van der Waals surface area contributed by atoms with Gasteiger partial charge in [0.15, 0.2) is 11.5 Å². The summed E-state index contributed by atoms with van der Waals surface area (Å²) in [7, 11) is 0. The van der Waals surface area contributed by atoms with Crippen LogP contribution in [0.3, 0.4) is 0 Å². The molecule has 1 fully saturated rings. The fourth-order valence-electron chi connectivity index (χ4n) is 3.23. The van der Waals surface area contributed by atoms with Gasteiger partial charge in [-0.1, -0.05) is 22.9 Å². The van der Waals surface area contributed by atoms with Crippen molar-refractivity contribution in [3.8, 4) is 0 Å². The molecule has 1 aromatic rings. The van der Waals surface area contributed by atoms with E-state index >= 15 is 0 Å². The fourth-order valence-corrected chi connectivity index (χ4v) is 3.86. The van der Waals surface area contributed by atoms with Crippen molar-refractivity contribution in [3.05, 3.63) is 40.2 Å². The third-order valence-electron chi connectivity index (χ3n) is 4.94. The van der Waals surface area contributed by atoms with Crippen LogP contribution in [-0.4, -0.2) is 42.9 Å². The topological polar surface area (TPSA) is 73.6 Å². The summed E-state index contributed by atoms with van der Waals surface area (Å²) in [6.45, 7) is 6.00. The van der Waals surface area contributed by atoms with Crippen LogP contribution < -0.4 is 5.32 Å². The number of hydrogen-bond acceptors (Lipinski definition) is 6. The number of alkyl halides is 3. The van der Waals surface area contributed by atoms with E-state index in [4.69, 9.17) is 14.0 Å². The van der Waals surface area contributed by atoms with Crippen molar-refractivity contribution in [2.45, 2.75) is 58.1 Å². The number of thioether (sulfide) groups is 1. The van der Waals surface area contributed by atoms with Crippen LogP contribution in [0.15, 0.2) is 33.2 Å². The van der Waals surface area contributed by atoms with Crippen molar-refractivity contribution in [3.63, 3.8) is 0 Å². The average Bonchev–Trinajstić information content (AvgIpc) is 3.05. The molecule has 2 heterocycles. The molecule has 1 aromatic heterocycles. The number of nitrogens with one attached hydrogen (secondary N) is 1. The molecule has 1 amide bonds. The molecule has 10 heteroatoms. The van der Waals surface area contributed by atoms with Gasteiger partial charge in [-0.05, 0) is 68.5 Å². The first-order chi connectivity index (χ1) is 15.3. The number of rotatable bonds is 11. The van der Waals surface area contributed by atoms with E-state index in [1.807, 2.05) is 13.0 Å². The van der Waals surface area contributed by atoms with Gasteiger partial charge in [-0.2, -0.15) is 13.2 Å². The number of halogens is 3. The molecule has 0 radical (unpaired) electrons. The maximum atomic E-state index is 12.4. The Balaban J connectivity index is 1.67. The molecule has 1 aliphatic rings. The number of allylic oxidation sites excluding steroid dienone is 3. The van der Waals surface area contributed by atoms with Crippen LogP contribution in [0.25, 0.3) is 0 Å². The SMILES string of the molecule is C/C=C(\CC/C=C(\C)COCc1cc(C(=O)NCC2CCCOCC2)no1)SC(F)(F)F. The standard InChI is InChI=1S/C22H31F3N2O4S/c1-3-19(32-22(23,24)25)8-4-6-16(2)14-30-15-18-12-20(27-31-18)21(28)26-13-17-7-5-10-29-11-9-17/h3,6,12,17H,4-5,7-11,13-15H2,1-2H3,(H,26,28)/b16-6+,19-3+. The highest BCUT2D eigenvalue weighted by atomic mass is 32.2. The second-order valence-electron chi connectivity index (χ2n) is 7.68. The number of nitrogens with zero attached hydrogens (tertiary/aromatic N) is 1. The van der Waals surface area contributed by atoms with E-state index in [0.717, 1.165) is 38.0 Å². The van der Waals surface area contributed by atoms with Gasteiger partial charge in [-0.3, -0.25) is 4.79 Å². The highest BCUT2D eigenvalue weighted by Crippen LogP contribution is 2.38. The van der Waals surface area contributed by atoms with E-state index in [2.05, 4.69) is 10.5 Å². The van der Waals surface area contributed by atoms with Crippen molar-refractivity contribution in [2.75, 3.05) is 26.4 Å². The van der Waals surface area contributed by atoms with Gasteiger partial charge < -0.3 is 19.3 Å². The molecule has 180 valence electrons. The van der Waals surface area contributed by atoms with Gasteiger partial charge in [-0.25, -0.2) is 0 Å². The molecule has 0 aromatic carbocycles. The number of ether oxygens (including phenoxy) is 2. The molecule has 1 N–H and O–H groups in total. The molecule has 1 atom stereocenters. The smallest absolute Gasteiger partial charge is 0.381 e. The Hall–Kier alpha value is -1.78. The van der Waals surface area contributed by atoms with Crippen molar-refractivity contribution in [1.82, 2.24) is 10.5 Å².